The molecule has 164 valence electrons. The van der Waals surface area contributed by atoms with E-state index in [1.165, 1.54) is 30.6 Å². The first kappa shape index (κ1) is 23.2. The minimum atomic E-state index is -1.11. The number of carbonyl (C=O) groups excluding carboxylic acids is 4. The zero-order valence-corrected chi connectivity index (χ0v) is 17.2. The molecule has 2 heterocycles. The van der Waals surface area contributed by atoms with Crippen LogP contribution in [-0.4, -0.2) is 93.0 Å². The molecule has 29 heavy (non-hydrogen) atoms. The highest BCUT2D eigenvalue weighted by molar-refractivity contribution is 5.95. The zero-order valence-electron chi connectivity index (χ0n) is 17.2. The van der Waals surface area contributed by atoms with Crippen molar-refractivity contribution in [2.75, 3.05) is 13.1 Å². The van der Waals surface area contributed by atoms with Gasteiger partial charge in [-0.25, -0.2) is 0 Å². The SMILES string of the molecule is CC(=O)[C@@H](NC(=O)[C@@H]1CCCN1C(=O)C1CCCN1C(=O)[C@@H](N)[C@@H](C)O)[C@@H](C)O. The number of hydrogen-bond acceptors (Lipinski definition) is 7. The van der Waals surface area contributed by atoms with Crippen molar-refractivity contribution < 1.29 is 29.4 Å². The Kier molecular flexibility index (Phi) is 7.73. The molecule has 10 heteroatoms. The van der Waals surface area contributed by atoms with Crippen molar-refractivity contribution in [2.45, 2.75) is 82.8 Å². The molecule has 0 bridgehead atoms. The van der Waals surface area contributed by atoms with E-state index in [1.807, 2.05) is 0 Å². The fraction of sp³-hybridized carbons (Fsp3) is 0.789. The van der Waals surface area contributed by atoms with Crippen LogP contribution in [0.25, 0.3) is 0 Å². The van der Waals surface area contributed by atoms with Crippen LogP contribution in [0.2, 0.25) is 0 Å². The van der Waals surface area contributed by atoms with E-state index in [9.17, 15) is 29.4 Å². The smallest absolute Gasteiger partial charge is 0.246 e. The Bertz CT molecular complexity index is 653. The van der Waals surface area contributed by atoms with Crippen molar-refractivity contribution in [3.8, 4) is 0 Å². The first-order valence-electron chi connectivity index (χ1n) is 10.1. The van der Waals surface area contributed by atoms with E-state index in [0.717, 1.165) is 0 Å². The number of carbonyl (C=O) groups is 4. The highest BCUT2D eigenvalue weighted by Gasteiger charge is 2.43. The van der Waals surface area contributed by atoms with Crippen LogP contribution in [0, 0.1) is 0 Å². The van der Waals surface area contributed by atoms with E-state index < -0.39 is 48.2 Å². The van der Waals surface area contributed by atoms with Crippen molar-refractivity contribution in [3.63, 3.8) is 0 Å². The van der Waals surface area contributed by atoms with Gasteiger partial charge in [-0.05, 0) is 46.5 Å². The summed E-state index contributed by atoms with van der Waals surface area (Å²) in [5.41, 5.74) is 5.76. The number of nitrogens with one attached hydrogen (secondary N) is 1. The van der Waals surface area contributed by atoms with Crippen LogP contribution in [0.1, 0.15) is 46.5 Å². The minimum Gasteiger partial charge on any atom is -0.391 e. The lowest BCUT2D eigenvalue weighted by Crippen LogP contribution is -2.58. The summed E-state index contributed by atoms with van der Waals surface area (Å²) in [6, 6.07) is -3.62. The molecule has 1 unspecified atom stereocenters. The van der Waals surface area contributed by atoms with Gasteiger partial charge >= 0.3 is 0 Å². The molecular formula is C19H32N4O6. The lowest BCUT2D eigenvalue weighted by atomic mass is 10.1. The van der Waals surface area contributed by atoms with Gasteiger partial charge in [-0.1, -0.05) is 0 Å². The molecule has 0 aromatic rings. The first-order valence-corrected chi connectivity index (χ1v) is 10.1. The van der Waals surface area contributed by atoms with Crippen molar-refractivity contribution in [2.24, 2.45) is 5.73 Å². The van der Waals surface area contributed by atoms with E-state index in [2.05, 4.69) is 5.32 Å². The highest BCUT2D eigenvalue weighted by atomic mass is 16.3. The quantitative estimate of drug-likeness (QED) is 0.382. The van der Waals surface area contributed by atoms with Gasteiger partial charge in [-0.3, -0.25) is 19.2 Å². The van der Waals surface area contributed by atoms with E-state index in [-0.39, 0.29) is 11.7 Å². The standard InChI is InChI=1S/C19H32N4O6/c1-10(24)15(20)19(29)23-9-5-7-14(23)18(28)22-8-4-6-13(22)17(27)21-16(11(2)25)12(3)26/h10-11,13-16,24-25H,4-9,20H2,1-3H3,(H,21,27)/t10-,11-,13+,14?,15+,16+/m1/s1. The van der Waals surface area contributed by atoms with Gasteiger partial charge in [0, 0.05) is 13.1 Å². The average Bonchev–Trinajstić information content (AvgIpc) is 3.32. The van der Waals surface area contributed by atoms with E-state index >= 15 is 0 Å². The summed E-state index contributed by atoms with van der Waals surface area (Å²) in [4.78, 5) is 52.9. The van der Waals surface area contributed by atoms with Crippen LogP contribution in [0.5, 0.6) is 0 Å². The van der Waals surface area contributed by atoms with Crippen molar-refractivity contribution in [3.05, 3.63) is 0 Å². The van der Waals surface area contributed by atoms with Gasteiger partial charge < -0.3 is 31.1 Å². The molecule has 2 rings (SSSR count). The number of aliphatic hydroxyl groups is 2. The number of aliphatic hydroxyl groups excluding tert-OH is 2. The second-order valence-corrected chi connectivity index (χ2v) is 7.98. The summed E-state index contributed by atoms with van der Waals surface area (Å²) >= 11 is 0. The number of ketones is 1. The van der Waals surface area contributed by atoms with Gasteiger partial charge in [0.05, 0.1) is 12.2 Å². The number of likely N-dealkylation sites (tertiary alicyclic amines) is 2. The fourth-order valence-electron chi connectivity index (χ4n) is 3.99. The third kappa shape index (κ3) is 5.12. The Labute approximate surface area is 170 Å². The topological polar surface area (TPSA) is 153 Å². The maximum atomic E-state index is 13.2. The summed E-state index contributed by atoms with van der Waals surface area (Å²) in [6.45, 7) is 4.86. The molecule has 0 radical (unpaired) electrons. The van der Waals surface area contributed by atoms with Crippen LogP contribution in [0.15, 0.2) is 0 Å². The van der Waals surface area contributed by atoms with Crippen LogP contribution >= 0.6 is 0 Å². The molecule has 0 saturated carbocycles. The molecule has 2 aliphatic heterocycles. The Morgan fingerprint density at radius 3 is 2.03 bits per heavy atom. The zero-order chi connectivity index (χ0) is 21.9. The molecule has 10 nitrogen and oxygen atoms in total. The van der Waals surface area contributed by atoms with Crippen molar-refractivity contribution in [1.29, 1.82) is 0 Å². The summed E-state index contributed by atoms with van der Waals surface area (Å²) in [7, 11) is 0. The van der Waals surface area contributed by atoms with Crippen LogP contribution in [0.3, 0.4) is 0 Å². The predicted octanol–water partition coefficient (Wildman–Crippen LogP) is -1.87. The number of Topliss-reactive ketones (excluding diaryl/α,β-unsaturated/α-hetero) is 1. The maximum Gasteiger partial charge on any atom is 0.246 e. The van der Waals surface area contributed by atoms with Crippen molar-refractivity contribution >= 4 is 23.5 Å². The lowest BCUT2D eigenvalue weighted by molar-refractivity contribution is -0.148. The minimum absolute atomic E-state index is 0.331. The summed E-state index contributed by atoms with van der Waals surface area (Å²) in [5.74, 6) is -1.68. The van der Waals surface area contributed by atoms with E-state index in [4.69, 9.17) is 5.73 Å². The Hall–Kier alpha value is -2.04. The number of nitrogens with two attached hydrogens (primary N) is 1. The molecule has 2 saturated heterocycles. The van der Waals surface area contributed by atoms with Gasteiger partial charge in [0.15, 0.2) is 5.78 Å². The fourth-order valence-corrected chi connectivity index (χ4v) is 3.99. The summed E-state index contributed by atoms with van der Waals surface area (Å²) in [5, 5.41) is 21.9. The van der Waals surface area contributed by atoms with Crippen LogP contribution in [-0.2, 0) is 19.2 Å². The maximum absolute atomic E-state index is 13.2. The summed E-state index contributed by atoms with van der Waals surface area (Å²) in [6.07, 6.45) is 0.0759. The highest BCUT2D eigenvalue weighted by Crippen LogP contribution is 2.25. The number of amides is 3. The molecule has 0 spiro atoms. The van der Waals surface area contributed by atoms with Gasteiger partial charge in [-0.15, -0.1) is 0 Å². The Morgan fingerprint density at radius 1 is 0.966 bits per heavy atom. The lowest BCUT2D eigenvalue weighted by Gasteiger charge is -2.33. The number of rotatable bonds is 7. The van der Waals surface area contributed by atoms with Gasteiger partial charge in [-0.2, -0.15) is 0 Å². The Morgan fingerprint density at radius 2 is 1.52 bits per heavy atom. The second kappa shape index (κ2) is 9.64. The molecule has 0 aromatic carbocycles. The molecule has 0 aliphatic carbocycles. The third-order valence-electron chi connectivity index (χ3n) is 5.68. The molecular weight excluding hydrogens is 380 g/mol. The van der Waals surface area contributed by atoms with Crippen LogP contribution < -0.4 is 11.1 Å². The molecule has 3 amide bonds. The Balaban J connectivity index is 2.11. The van der Waals surface area contributed by atoms with E-state index in [0.29, 0.717) is 38.8 Å². The molecule has 0 aromatic heterocycles. The molecule has 5 N–H and O–H groups in total. The van der Waals surface area contributed by atoms with Crippen LogP contribution in [0.4, 0.5) is 0 Å². The average molecular weight is 412 g/mol. The number of nitrogens with zero attached hydrogens (tertiary/aromatic N) is 2. The van der Waals surface area contributed by atoms with Gasteiger partial charge in [0.2, 0.25) is 17.7 Å². The van der Waals surface area contributed by atoms with Crippen molar-refractivity contribution in [1.82, 2.24) is 15.1 Å². The normalized spacial score (nSPS) is 26.0. The molecule has 6 atom stereocenters. The molecule has 2 fully saturated rings. The second-order valence-electron chi connectivity index (χ2n) is 7.98. The van der Waals surface area contributed by atoms with Gasteiger partial charge in [0.1, 0.15) is 24.2 Å². The third-order valence-corrected chi connectivity index (χ3v) is 5.68. The first-order chi connectivity index (χ1) is 13.6. The summed E-state index contributed by atoms with van der Waals surface area (Å²) < 4.78 is 0. The number of hydrogen-bond donors (Lipinski definition) is 4. The molecule has 2 aliphatic rings. The largest absolute Gasteiger partial charge is 0.391 e. The van der Waals surface area contributed by atoms with E-state index in [1.54, 1.807) is 0 Å². The van der Waals surface area contributed by atoms with Gasteiger partial charge in [0.25, 0.3) is 0 Å². The predicted molar refractivity (Wildman–Crippen MR) is 103 cm³/mol. The monoisotopic (exact) mass is 412 g/mol.